The van der Waals surface area contributed by atoms with Crippen LogP contribution >= 0.6 is 0 Å². The van der Waals surface area contributed by atoms with Crippen molar-refractivity contribution in [3.05, 3.63) is 29.8 Å². The first-order valence-electron chi connectivity index (χ1n) is 5.88. The molecule has 0 amide bonds. The summed E-state index contributed by atoms with van der Waals surface area (Å²) >= 11 is 0. The number of benzene rings is 1. The molecule has 0 aromatic heterocycles. The van der Waals surface area contributed by atoms with E-state index in [0.29, 0.717) is 6.54 Å². The molecule has 0 fully saturated rings. The Kier molecular flexibility index (Phi) is 5.50. The van der Waals surface area contributed by atoms with Gasteiger partial charge >= 0.3 is 0 Å². The van der Waals surface area contributed by atoms with E-state index in [1.54, 1.807) is 0 Å². The zero-order valence-corrected chi connectivity index (χ0v) is 10.6. The number of aliphatic hydroxyl groups excluding tert-OH is 1. The van der Waals surface area contributed by atoms with E-state index in [4.69, 9.17) is 9.84 Å². The molecule has 1 aromatic carbocycles. The summed E-state index contributed by atoms with van der Waals surface area (Å²) in [4.78, 5) is 0. The van der Waals surface area contributed by atoms with Crippen molar-refractivity contribution in [2.45, 2.75) is 32.4 Å². The summed E-state index contributed by atoms with van der Waals surface area (Å²) in [5.74, 6) is -2.36. The lowest BCUT2D eigenvalue weighted by Gasteiger charge is -2.14. The number of rotatable bonds is 7. The minimum Gasteiger partial charge on any atom is -0.491 e. The van der Waals surface area contributed by atoms with E-state index in [1.165, 1.54) is 0 Å². The monoisotopic (exact) mass is 259 g/mol. The van der Waals surface area contributed by atoms with E-state index >= 15 is 0 Å². The fourth-order valence-corrected chi connectivity index (χ4v) is 1.45. The first-order chi connectivity index (χ1) is 8.43. The summed E-state index contributed by atoms with van der Waals surface area (Å²) in [6.07, 6.45) is 0.0759. The molecule has 5 heteroatoms. The largest absolute Gasteiger partial charge is 0.491 e. The highest BCUT2D eigenvalue weighted by Gasteiger charge is 2.26. The minimum absolute atomic E-state index is 0.0759. The third kappa shape index (κ3) is 5.42. The second-order valence-electron chi connectivity index (χ2n) is 4.43. The molecule has 1 rings (SSSR count). The van der Waals surface area contributed by atoms with Crippen LogP contribution < -0.4 is 10.1 Å². The molecule has 18 heavy (non-hydrogen) atoms. The van der Waals surface area contributed by atoms with Crippen molar-refractivity contribution in [1.29, 1.82) is 0 Å². The van der Waals surface area contributed by atoms with Gasteiger partial charge in [-0.05, 0) is 31.5 Å². The maximum atomic E-state index is 12.8. The molecule has 0 aliphatic rings. The van der Waals surface area contributed by atoms with Crippen LogP contribution in [0.2, 0.25) is 0 Å². The first-order valence-corrected chi connectivity index (χ1v) is 5.88. The van der Waals surface area contributed by atoms with Crippen LogP contribution in [0.15, 0.2) is 24.3 Å². The van der Waals surface area contributed by atoms with E-state index < -0.39 is 19.1 Å². The SMILES string of the molecule is CC(C)Oc1cccc(CNCC(F)(F)CO)c1. The second kappa shape index (κ2) is 6.66. The van der Waals surface area contributed by atoms with Crippen molar-refractivity contribution in [2.75, 3.05) is 13.2 Å². The molecule has 0 unspecified atom stereocenters. The number of hydrogen-bond acceptors (Lipinski definition) is 3. The fraction of sp³-hybridized carbons (Fsp3) is 0.538. The van der Waals surface area contributed by atoms with Crippen molar-refractivity contribution < 1.29 is 18.6 Å². The lowest BCUT2D eigenvalue weighted by Crippen LogP contribution is -2.35. The maximum Gasteiger partial charge on any atom is 0.282 e. The molecule has 0 aliphatic carbocycles. The van der Waals surface area contributed by atoms with Gasteiger partial charge in [-0.1, -0.05) is 12.1 Å². The Morgan fingerprint density at radius 3 is 2.72 bits per heavy atom. The highest BCUT2D eigenvalue weighted by molar-refractivity contribution is 5.28. The summed E-state index contributed by atoms with van der Waals surface area (Å²) in [5, 5.41) is 11.0. The molecule has 102 valence electrons. The summed E-state index contributed by atoms with van der Waals surface area (Å²) in [6, 6.07) is 7.28. The number of alkyl halides is 2. The zero-order chi connectivity index (χ0) is 13.6. The van der Waals surface area contributed by atoms with Crippen LogP contribution in [0.1, 0.15) is 19.4 Å². The van der Waals surface area contributed by atoms with Gasteiger partial charge in [0, 0.05) is 6.54 Å². The summed E-state index contributed by atoms with van der Waals surface area (Å²) in [5.41, 5.74) is 0.863. The van der Waals surface area contributed by atoms with Gasteiger partial charge in [-0.2, -0.15) is 0 Å². The molecular weight excluding hydrogens is 240 g/mol. The number of ether oxygens (including phenoxy) is 1. The molecule has 0 radical (unpaired) electrons. The summed E-state index contributed by atoms with van der Waals surface area (Å²) < 4.78 is 31.0. The van der Waals surface area contributed by atoms with Gasteiger partial charge in [-0.3, -0.25) is 0 Å². The smallest absolute Gasteiger partial charge is 0.282 e. The van der Waals surface area contributed by atoms with Crippen LogP contribution in [0.25, 0.3) is 0 Å². The van der Waals surface area contributed by atoms with Crippen LogP contribution in [0, 0.1) is 0 Å². The van der Waals surface area contributed by atoms with Crippen LogP contribution in [-0.4, -0.2) is 30.3 Å². The number of aliphatic hydroxyl groups is 1. The van der Waals surface area contributed by atoms with E-state index in [2.05, 4.69) is 5.32 Å². The van der Waals surface area contributed by atoms with E-state index in [9.17, 15) is 8.78 Å². The second-order valence-corrected chi connectivity index (χ2v) is 4.43. The molecule has 0 spiro atoms. The molecule has 0 saturated heterocycles. The van der Waals surface area contributed by atoms with Crippen molar-refractivity contribution in [3.63, 3.8) is 0 Å². The Bertz CT molecular complexity index is 370. The quantitative estimate of drug-likeness (QED) is 0.788. The van der Waals surface area contributed by atoms with Gasteiger partial charge < -0.3 is 15.2 Å². The molecule has 1 aromatic rings. The van der Waals surface area contributed by atoms with Crippen molar-refractivity contribution in [1.82, 2.24) is 5.32 Å². The van der Waals surface area contributed by atoms with Gasteiger partial charge in [0.25, 0.3) is 5.92 Å². The van der Waals surface area contributed by atoms with Gasteiger partial charge in [0.05, 0.1) is 12.6 Å². The molecule has 0 saturated carbocycles. The molecule has 0 aliphatic heterocycles. The summed E-state index contributed by atoms with van der Waals surface area (Å²) in [6.45, 7) is 2.47. The zero-order valence-electron chi connectivity index (χ0n) is 10.6. The van der Waals surface area contributed by atoms with Gasteiger partial charge in [0.15, 0.2) is 0 Å². The van der Waals surface area contributed by atoms with Gasteiger partial charge in [-0.25, -0.2) is 8.78 Å². The average molecular weight is 259 g/mol. The Balaban J connectivity index is 2.47. The third-order valence-corrected chi connectivity index (χ3v) is 2.21. The molecular formula is C13H19F2NO2. The number of halogens is 2. The topological polar surface area (TPSA) is 41.5 Å². The Hall–Kier alpha value is -1.20. The van der Waals surface area contributed by atoms with E-state index in [-0.39, 0.29) is 6.10 Å². The van der Waals surface area contributed by atoms with Crippen LogP contribution in [0.4, 0.5) is 8.78 Å². The minimum atomic E-state index is -3.08. The fourth-order valence-electron chi connectivity index (χ4n) is 1.45. The average Bonchev–Trinajstić information content (AvgIpc) is 2.28. The van der Waals surface area contributed by atoms with E-state index in [1.807, 2.05) is 38.1 Å². The van der Waals surface area contributed by atoms with Crippen molar-refractivity contribution in [2.24, 2.45) is 0 Å². The van der Waals surface area contributed by atoms with Crippen LogP contribution in [-0.2, 0) is 6.54 Å². The van der Waals surface area contributed by atoms with Gasteiger partial charge in [-0.15, -0.1) is 0 Å². The number of nitrogens with one attached hydrogen (secondary N) is 1. The Morgan fingerprint density at radius 2 is 2.11 bits per heavy atom. The molecule has 2 N–H and O–H groups in total. The van der Waals surface area contributed by atoms with Crippen LogP contribution in [0.3, 0.4) is 0 Å². The van der Waals surface area contributed by atoms with E-state index in [0.717, 1.165) is 11.3 Å². The predicted molar refractivity (Wildman–Crippen MR) is 65.9 cm³/mol. The standard InChI is InChI=1S/C13H19F2NO2/c1-10(2)18-12-5-3-4-11(6-12)7-16-8-13(14,15)9-17/h3-6,10,16-17H,7-9H2,1-2H3. The molecule has 0 bridgehead atoms. The molecule has 3 nitrogen and oxygen atoms in total. The Labute approximate surface area is 106 Å². The first kappa shape index (κ1) is 14.9. The lowest BCUT2D eigenvalue weighted by atomic mass is 10.2. The molecule has 0 heterocycles. The highest BCUT2D eigenvalue weighted by atomic mass is 19.3. The van der Waals surface area contributed by atoms with Crippen LogP contribution in [0.5, 0.6) is 5.75 Å². The predicted octanol–water partition coefficient (Wildman–Crippen LogP) is 2.19. The normalized spacial score (nSPS) is 11.9. The highest BCUT2D eigenvalue weighted by Crippen LogP contribution is 2.15. The number of hydrogen-bond donors (Lipinski definition) is 2. The molecule has 0 atom stereocenters. The van der Waals surface area contributed by atoms with Gasteiger partial charge in [0.1, 0.15) is 12.4 Å². The maximum absolute atomic E-state index is 12.8. The van der Waals surface area contributed by atoms with Crippen molar-refractivity contribution in [3.8, 4) is 5.75 Å². The lowest BCUT2D eigenvalue weighted by molar-refractivity contribution is -0.0477. The van der Waals surface area contributed by atoms with Gasteiger partial charge in [0.2, 0.25) is 0 Å². The third-order valence-electron chi connectivity index (χ3n) is 2.21. The summed E-state index contributed by atoms with van der Waals surface area (Å²) in [7, 11) is 0. The Morgan fingerprint density at radius 1 is 1.39 bits per heavy atom. The van der Waals surface area contributed by atoms with Crippen molar-refractivity contribution >= 4 is 0 Å².